The van der Waals surface area contributed by atoms with E-state index in [2.05, 4.69) is 55.1 Å². The number of phenolic OH excluding ortho intramolecular Hbond substituents is 1. The van der Waals surface area contributed by atoms with E-state index in [9.17, 15) is 9.90 Å². The lowest BCUT2D eigenvalue weighted by Gasteiger charge is -2.40. The molecule has 1 amide bonds. The minimum absolute atomic E-state index is 0.0198. The van der Waals surface area contributed by atoms with Crippen molar-refractivity contribution in [2.45, 2.75) is 77.2 Å². The van der Waals surface area contributed by atoms with Gasteiger partial charge in [-0.1, -0.05) is 48.3 Å². The molecule has 1 aromatic rings. The molecular weight excluding hydrogens is 434 g/mol. The number of phenols is 1. The second-order valence-corrected chi connectivity index (χ2v) is 14.6. The lowest BCUT2D eigenvalue weighted by molar-refractivity contribution is 0.0880. The number of aromatic hydroxyl groups is 1. The second-order valence-electron chi connectivity index (χ2n) is 8.62. The van der Waals surface area contributed by atoms with Gasteiger partial charge in [-0.05, 0) is 55.9 Å². The van der Waals surface area contributed by atoms with Gasteiger partial charge in [-0.25, -0.2) is 0 Å². The van der Waals surface area contributed by atoms with Gasteiger partial charge in [0.25, 0.3) is 5.91 Å². The average Bonchev–Trinajstić information content (AvgIpc) is 2.93. The fraction of sp³-hybridized carbons (Fsp3) is 0.632. The number of hydrogen-bond donors (Lipinski definition) is 2. The van der Waals surface area contributed by atoms with Crippen LogP contribution in [0.1, 0.15) is 56.0 Å². The van der Waals surface area contributed by atoms with E-state index >= 15 is 0 Å². The van der Waals surface area contributed by atoms with Crippen LogP contribution in [0.25, 0.3) is 0 Å². The average molecular weight is 463 g/mol. The van der Waals surface area contributed by atoms with Crippen molar-refractivity contribution in [3.8, 4) is 5.75 Å². The summed E-state index contributed by atoms with van der Waals surface area (Å²) in [5, 5.41) is 13.6. The summed E-state index contributed by atoms with van der Waals surface area (Å²) in [7, 11) is -1.91. The van der Waals surface area contributed by atoms with Crippen LogP contribution in [-0.2, 0) is 4.43 Å². The normalized spacial score (nSPS) is 21.1. The topological polar surface area (TPSA) is 58.6 Å². The zero-order valence-corrected chi connectivity index (χ0v) is 19.7. The van der Waals surface area contributed by atoms with Gasteiger partial charge < -0.3 is 14.8 Å². The van der Waals surface area contributed by atoms with Crippen LogP contribution in [0.3, 0.4) is 0 Å². The van der Waals surface area contributed by atoms with Crippen molar-refractivity contribution in [2.24, 2.45) is 0 Å². The van der Waals surface area contributed by atoms with E-state index in [1.54, 1.807) is 13.0 Å². The van der Waals surface area contributed by atoms with Crippen LogP contribution in [0.4, 0.5) is 0 Å². The molecule has 7 heteroatoms. The molecule has 1 saturated carbocycles. The van der Waals surface area contributed by atoms with Gasteiger partial charge in [-0.2, -0.15) is 0 Å². The van der Waals surface area contributed by atoms with E-state index < -0.39 is 8.32 Å². The highest BCUT2D eigenvalue weighted by atomic mass is 79.9. The van der Waals surface area contributed by atoms with E-state index in [-0.39, 0.29) is 39.4 Å². The maximum absolute atomic E-state index is 12.8. The summed E-state index contributed by atoms with van der Waals surface area (Å²) in [6.45, 7) is 12.9. The molecule has 4 nitrogen and oxygen atoms in total. The monoisotopic (exact) mass is 461 g/mol. The van der Waals surface area contributed by atoms with Crippen molar-refractivity contribution in [3.63, 3.8) is 0 Å². The molecule has 0 aromatic heterocycles. The number of rotatable bonds is 4. The molecular formula is C19H29BrClNO3Si. The number of hydrogen-bond acceptors (Lipinski definition) is 3. The molecule has 1 aliphatic carbocycles. The maximum Gasteiger partial charge on any atom is 0.255 e. The van der Waals surface area contributed by atoms with Crippen LogP contribution in [0, 0.1) is 6.92 Å². The predicted molar refractivity (Wildman–Crippen MR) is 113 cm³/mol. The summed E-state index contributed by atoms with van der Waals surface area (Å²) in [6, 6.07) is 1.57. The Kier molecular flexibility index (Phi) is 6.53. The molecule has 1 aromatic carbocycles. The van der Waals surface area contributed by atoms with E-state index in [1.165, 1.54) is 0 Å². The first-order valence-corrected chi connectivity index (χ1v) is 13.1. The highest BCUT2D eigenvalue weighted by molar-refractivity contribution is 9.10. The molecule has 2 atom stereocenters. The SMILES string of the molecule is Cc1c(Br)cc(C(=O)N[C@H]2CCC[C@@H]2O[Si](C)(C)C(C)(C)C)c(O)c1Cl. The third kappa shape index (κ3) is 4.46. The lowest BCUT2D eigenvalue weighted by Crippen LogP contribution is -2.49. The lowest BCUT2D eigenvalue weighted by atomic mass is 10.1. The zero-order valence-electron chi connectivity index (χ0n) is 16.4. The van der Waals surface area contributed by atoms with Crippen molar-refractivity contribution >= 4 is 41.8 Å². The number of halogens is 2. The van der Waals surface area contributed by atoms with E-state index in [0.29, 0.717) is 10.0 Å². The Balaban J connectivity index is 2.16. The van der Waals surface area contributed by atoms with Crippen molar-refractivity contribution in [1.29, 1.82) is 0 Å². The largest absolute Gasteiger partial charge is 0.506 e. The second kappa shape index (κ2) is 7.82. The fourth-order valence-electron chi connectivity index (χ4n) is 2.91. The number of amides is 1. The number of benzene rings is 1. The van der Waals surface area contributed by atoms with Crippen LogP contribution in [0.5, 0.6) is 5.75 Å². The molecule has 26 heavy (non-hydrogen) atoms. The van der Waals surface area contributed by atoms with Crippen LogP contribution in [0.15, 0.2) is 10.5 Å². The first-order valence-electron chi connectivity index (χ1n) is 9.01. The minimum Gasteiger partial charge on any atom is -0.506 e. The van der Waals surface area contributed by atoms with Gasteiger partial charge in [-0.3, -0.25) is 4.79 Å². The summed E-state index contributed by atoms with van der Waals surface area (Å²) in [4.78, 5) is 12.8. The van der Waals surface area contributed by atoms with Gasteiger partial charge in [-0.15, -0.1) is 0 Å². The Labute approximate surface area is 170 Å². The van der Waals surface area contributed by atoms with Crippen molar-refractivity contribution < 1.29 is 14.3 Å². The van der Waals surface area contributed by atoms with E-state index in [0.717, 1.165) is 19.3 Å². The summed E-state index contributed by atoms with van der Waals surface area (Å²) < 4.78 is 7.24. The Morgan fingerprint density at radius 3 is 2.58 bits per heavy atom. The van der Waals surface area contributed by atoms with Crippen molar-refractivity contribution in [1.82, 2.24) is 5.32 Å². The molecule has 1 aliphatic rings. The molecule has 2 N–H and O–H groups in total. The Hall–Kier alpha value is -0.563. The highest BCUT2D eigenvalue weighted by Gasteiger charge is 2.42. The van der Waals surface area contributed by atoms with Crippen LogP contribution in [0.2, 0.25) is 23.2 Å². The zero-order chi connectivity index (χ0) is 19.9. The van der Waals surface area contributed by atoms with Crippen LogP contribution < -0.4 is 5.32 Å². The molecule has 1 fully saturated rings. The maximum atomic E-state index is 12.8. The standard InChI is InChI=1S/C19H29BrClNO3Si/c1-11-13(20)10-12(17(23)16(11)21)18(24)22-14-8-7-9-15(14)25-26(5,6)19(2,3)4/h10,14-15,23H,7-9H2,1-6H3,(H,22,24)/t14-,15-/m0/s1. The number of nitrogens with one attached hydrogen (secondary N) is 1. The van der Waals surface area contributed by atoms with Gasteiger partial charge in [0.2, 0.25) is 0 Å². The van der Waals surface area contributed by atoms with Gasteiger partial charge in [0.1, 0.15) is 5.75 Å². The molecule has 146 valence electrons. The summed E-state index contributed by atoms with van der Waals surface area (Å²) in [5.41, 5.74) is 0.895. The fourth-order valence-corrected chi connectivity index (χ4v) is 5.05. The molecule has 0 heterocycles. The molecule has 0 spiro atoms. The molecule has 0 radical (unpaired) electrons. The first-order chi connectivity index (χ1) is 11.8. The van der Waals surface area contributed by atoms with Crippen molar-refractivity contribution in [2.75, 3.05) is 0 Å². The van der Waals surface area contributed by atoms with E-state index in [4.69, 9.17) is 16.0 Å². The molecule has 0 saturated heterocycles. The molecule has 0 bridgehead atoms. The highest BCUT2D eigenvalue weighted by Crippen LogP contribution is 2.40. The van der Waals surface area contributed by atoms with E-state index in [1.807, 2.05) is 0 Å². The quantitative estimate of drug-likeness (QED) is 0.557. The smallest absolute Gasteiger partial charge is 0.255 e. The van der Waals surface area contributed by atoms with Crippen molar-refractivity contribution in [3.05, 3.63) is 26.7 Å². The summed E-state index contributed by atoms with van der Waals surface area (Å²) in [5.74, 6) is -0.495. The minimum atomic E-state index is -1.91. The Morgan fingerprint density at radius 2 is 2.00 bits per heavy atom. The van der Waals surface area contributed by atoms with Crippen LogP contribution >= 0.6 is 27.5 Å². The van der Waals surface area contributed by atoms with Gasteiger partial charge >= 0.3 is 0 Å². The number of carbonyl (C=O) groups is 1. The van der Waals surface area contributed by atoms with Gasteiger partial charge in [0.05, 0.1) is 22.7 Å². The molecule has 0 aliphatic heterocycles. The number of carbonyl (C=O) groups excluding carboxylic acids is 1. The Bertz CT molecular complexity index is 703. The summed E-state index contributed by atoms with van der Waals surface area (Å²) in [6.07, 6.45) is 2.87. The molecule has 2 rings (SSSR count). The third-order valence-corrected chi connectivity index (χ3v) is 11.5. The van der Waals surface area contributed by atoms with Gasteiger partial charge in [0.15, 0.2) is 8.32 Å². The molecule has 0 unspecified atom stereocenters. The van der Waals surface area contributed by atoms with Gasteiger partial charge in [0, 0.05) is 4.47 Å². The first kappa shape index (κ1) is 21.7. The van der Waals surface area contributed by atoms with Crippen LogP contribution in [-0.4, -0.2) is 31.5 Å². The third-order valence-electron chi connectivity index (χ3n) is 5.69. The Morgan fingerprint density at radius 1 is 1.38 bits per heavy atom. The summed E-state index contributed by atoms with van der Waals surface area (Å²) >= 11 is 9.53. The predicted octanol–water partition coefficient (Wildman–Crippen LogP) is 5.79.